The van der Waals surface area contributed by atoms with E-state index < -0.39 is 12.0 Å². The van der Waals surface area contributed by atoms with Crippen molar-refractivity contribution in [2.24, 2.45) is 5.73 Å². The highest BCUT2D eigenvalue weighted by Crippen LogP contribution is 2.17. The number of primary amides is 1. The van der Waals surface area contributed by atoms with E-state index in [0.29, 0.717) is 6.54 Å². The second-order valence-corrected chi connectivity index (χ2v) is 4.49. The second kappa shape index (κ2) is 5.98. The zero-order valence-corrected chi connectivity index (χ0v) is 10.6. The molecule has 88 valence electrons. The Hall–Kier alpha value is -0.910. The summed E-state index contributed by atoms with van der Waals surface area (Å²) >= 11 is 3.44. The van der Waals surface area contributed by atoms with Gasteiger partial charge in [-0.15, -0.1) is 0 Å². The molecule has 0 heterocycles. The van der Waals surface area contributed by atoms with Gasteiger partial charge in [-0.05, 0) is 24.1 Å². The molecule has 16 heavy (non-hydrogen) atoms. The van der Waals surface area contributed by atoms with E-state index in [1.807, 2.05) is 25.1 Å². The van der Waals surface area contributed by atoms with Crippen molar-refractivity contribution in [1.29, 1.82) is 0 Å². The van der Waals surface area contributed by atoms with Gasteiger partial charge in [-0.2, -0.15) is 0 Å². The molecule has 0 radical (unpaired) electrons. The molecule has 0 spiro atoms. The first kappa shape index (κ1) is 13.2. The van der Waals surface area contributed by atoms with Crippen LogP contribution in [0.15, 0.2) is 22.7 Å². The van der Waals surface area contributed by atoms with E-state index in [1.54, 1.807) is 0 Å². The number of benzene rings is 1. The first-order chi connectivity index (χ1) is 7.50. The number of carbonyl (C=O) groups excluding carboxylic acids is 1. The van der Waals surface area contributed by atoms with Crippen LogP contribution in [0.2, 0.25) is 0 Å². The Bertz CT molecular complexity index is 382. The molecule has 1 aromatic rings. The van der Waals surface area contributed by atoms with Crippen LogP contribution in [0.4, 0.5) is 0 Å². The van der Waals surface area contributed by atoms with Gasteiger partial charge in [0.2, 0.25) is 5.91 Å². The molecular formula is C11H15BrN2O2. The maximum absolute atomic E-state index is 10.6. The lowest BCUT2D eigenvalue weighted by Crippen LogP contribution is -2.37. The molecule has 0 saturated heterocycles. The molecule has 0 fully saturated rings. The van der Waals surface area contributed by atoms with Crippen molar-refractivity contribution >= 4 is 21.8 Å². The van der Waals surface area contributed by atoms with E-state index in [-0.39, 0.29) is 6.54 Å². The number of aliphatic hydroxyl groups is 1. The highest BCUT2D eigenvalue weighted by atomic mass is 79.9. The largest absolute Gasteiger partial charge is 0.382 e. The molecule has 5 heteroatoms. The van der Waals surface area contributed by atoms with Crippen LogP contribution in [0.5, 0.6) is 0 Å². The average Bonchev–Trinajstić information content (AvgIpc) is 2.23. The van der Waals surface area contributed by atoms with E-state index in [9.17, 15) is 4.79 Å². The Morgan fingerprint density at radius 1 is 1.62 bits per heavy atom. The molecule has 0 aromatic heterocycles. The predicted octanol–water partition coefficient (Wildman–Crippen LogP) is 0.693. The summed E-state index contributed by atoms with van der Waals surface area (Å²) in [5.41, 5.74) is 7.17. The number of amides is 1. The van der Waals surface area contributed by atoms with Gasteiger partial charge < -0.3 is 16.2 Å². The molecule has 0 aliphatic rings. The van der Waals surface area contributed by atoms with Crippen LogP contribution >= 0.6 is 15.9 Å². The number of rotatable bonds is 5. The van der Waals surface area contributed by atoms with E-state index in [4.69, 9.17) is 10.8 Å². The SMILES string of the molecule is Cc1ccc(CNCC(O)C(N)=O)cc1Br. The Kier molecular flexibility index (Phi) is 4.92. The average molecular weight is 287 g/mol. The quantitative estimate of drug-likeness (QED) is 0.746. The molecule has 0 aliphatic heterocycles. The summed E-state index contributed by atoms with van der Waals surface area (Å²) in [4.78, 5) is 10.6. The molecule has 4 N–H and O–H groups in total. The maximum atomic E-state index is 10.6. The minimum Gasteiger partial charge on any atom is -0.382 e. The molecule has 1 rings (SSSR count). The number of nitrogens with two attached hydrogens (primary N) is 1. The van der Waals surface area contributed by atoms with Crippen LogP contribution in [0.25, 0.3) is 0 Å². The van der Waals surface area contributed by atoms with Gasteiger partial charge in [0, 0.05) is 17.6 Å². The zero-order valence-electron chi connectivity index (χ0n) is 9.03. The molecule has 1 amide bonds. The highest BCUT2D eigenvalue weighted by Gasteiger charge is 2.09. The smallest absolute Gasteiger partial charge is 0.247 e. The molecule has 1 aromatic carbocycles. The van der Waals surface area contributed by atoms with Gasteiger partial charge >= 0.3 is 0 Å². The van der Waals surface area contributed by atoms with E-state index in [0.717, 1.165) is 10.0 Å². The van der Waals surface area contributed by atoms with Gasteiger partial charge in [0.05, 0.1) is 0 Å². The van der Waals surface area contributed by atoms with Crippen molar-refractivity contribution in [1.82, 2.24) is 5.32 Å². The molecule has 4 nitrogen and oxygen atoms in total. The number of hydrogen-bond donors (Lipinski definition) is 3. The third-order valence-electron chi connectivity index (χ3n) is 2.23. The fourth-order valence-corrected chi connectivity index (χ4v) is 1.63. The minimum atomic E-state index is -1.13. The van der Waals surface area contributed by atoms with Crippen molar-refractivity contribution in [2.75, 3.05) is 6.54 Å². The number of hydrogen-bond acceptors (Lipinski definition) is 3. The lowest BCUT2D eigenvalue weighted by Gasteiger charge is -2.09. The van der Waals surface area contributed by atoms with Crippen molar-refractivity contribution < 1.29 is 9.90 Å². The topological polar surface area (TPSA) is 75.3 Å². The second-order valence-electron chi connectivity index (χ2n) is 3.63. The van der Waals surface area contributed by atoms with Gasteiger partial charge in [0.25, 0.3) is 0 Å². The number of aliphatic hydroxyl groups excluding tert-OH is 1. The summed E-state index contributed by atoms with van der Waals surface area (Å²) in [7, 11) is 0. The summed E-state index contributed by atoms with van der Waals surface area (Å²) in [6.07, 6.45) is -1.13. The van der Waals surface area contributed by atoms with Gasteiger partial charge in [-0.25, -0.2) is 0 Å². The Morgan fingerprint density at radius 2 is 2.31 bits per heavy atom. The standard InChI is InChI=1S/C11H15BrN2O2/c1-7-2-3-8(4-9(7)12)5-14-6-10(15)11(13)16/h2-4,10,14-15H,5-6H2,1H3,(H2,13,16). The maximum Gasteiger partial charge on any atom is 0.247 e. The van der Waals surface area contributed by atoms with Crippen molar-refractivity contribution in [3.63, 3.8) is 0 Å². The summed E-state index contributed by atoms with van der Waals surface area (Å²) in [6, 6.07) is 5.99. The molecule has 1 atom stereocenters. The van der Waals surface area contributed by atoms with E-state index in [2.05, 4.69) is 21.2 Å². The number of carbonyl (C=O) groups is 1. The predicted molar refractivity (Wildman–Crippen MR) is 65.8 cm³/mol. The van der Waals surface area contributed by atoms with Crippen molar-refractivity contribution in [2.45, 2.75) is 19.6 Å². The van der Waals surface area contributed by atoms with Gasteiger partial charge in [0.1, 0.15) is 6.10 Å². The van der Waals surface area contributed by atoms with E-state index in [1.165, 1.54) is 5.56 Å². The monoisotopic (exact) mass is 286 g/mol. The Balaban J connectivity index is 2.43. The summed E-state index contributed by atoms with van der Waals surface area (Å²) in [5, 5.41) is 12.1. The third-order valence-corrected chi connectivity index (χ3v) is 3.09. The lowest BCUT2D eigenvalue weighted by molar-refractivity contribution is -0.125. The Labute approximate surface area is 103 Å². The van der Waals surface area contributed by atoms with Crippen molar-refractivity contribution in [3.05, 3.63) is 33.8 Å². The molecule has 0 aliphatic carbocycles. The van der Waals surface area contributed by atoms with Crippen LogP contribution in [-0.2, 0) is 11.3 Å². The summed E-state index contributed by atoms with van der Waals surface area (Å²) < 4.78 is 1.04. The van der Waals surface area contributed by atoms with Gasteiger partial charge in [0.15, 0.2) is 0 Å². The fourth-order valence-electron chi connectivity index (χ4n) is 1.20. The highest BCUT2D eigenvalue weighted by molar-refractivity contribution is 9.10. The summed E-state index contributed by atoms with van der Waals surface area (Å²) in [5.74, 6) is -0.711. The lowest BCUT2D eigenvalue weighted by atomic mass is 10.1. The minimum absolute atomic E-state index is 0.167. The van der Waals surface area contributed by atoms with Crippen molar-refractivity contribution in [3.8, 4) is 0 Å². The number of aryl methyl sites for hydroxylation is 1. The van der Waals surface area contributed by atoms with Crippen LogP contribution in [0.1, 0.15) is 11.1 Å². The third kappa shape index (κ3) is 3.92. The molecule has 1 unspecified atom stereocenters. The van der Waals surface area contributed by atoms with Crippen LogP contribution in [0, 0.1) is 6.92 Å². The van der Waals surface area contributed by atoms with Crippen LogP contribution in [-0.4, -0.2) is 23.7 Å². The molecule has 0 bridgehead atoms. The Morgan fingerprint density at radius 3 is 2.88 bits per heavy atom. The molecule has 0 saturated carbocycles. The fraction of sp³-hybridized carbons (Fsp3) is 0.364. The van der Waals surface area contributed by atoms with E-state index >= 15 is 0 Å². The first-order valence-electron chi connectivity index (χ1n) is 4.94. The first-order valence-corrected chi connectivity index (χ1v) is 5.73. The number of nitrogens with one attached hydrogen (secondary N) is 1. The van der Waals surface area contributed by atoms with Crippen LogP contribution < -0.4 is 11.1 Å². The summed E-state index contributed by atoms with van der Waals surface area (Å²) in [6.45, 7) is 2.77. The molecular weight excluding hydrogens is 272 g/mol. The zero-order chi connectivity index (χ0) is 12.1. The number of halogens is 1. The van der Waals surface area contributed by atoms with Gasteiger partial charge in [-0.3, -0.25) is 4.79 Å². The van der Waals surface area contributed by atoms with Gasteiger partial charge in [-0.1, -0.05) is 28.1 Å². The normalized spacial score (nSPS) is 12.4. The van der Waals surface area contributed by atoms with Crippen LogP contribution in [0.3, 0.4) is 0 Å².